The number of ether oxygens (including phenoxy) is 1. The minimum atomic E-state index is -0.519. The lowest BCUT2D eigenvalue weighted by Gasteiger charge is -2.06. The van der Waals surface area contributed by atoms with E-state index in [1.165, 1.54) is 96.9 Å². The maximum atomic E-state index is 11.3. The Bertz CT molecular complexity index is 411. The molecule has 0 aromatic heterocycles. The first kappa shape index (κ1) is 27.5. The van der Waals surface area contributed by atoms with Crippen molar-refractivity contribution < 1.29 is 14.3 Å². The molecule has 0 aliphatic heterocycles. The summed E-state index contributed by atoms with van der Waals surface area (Å²) in [4.78, 5) is 22.3. The number of hydrogen-bond acceptors (Lipinski definition) is 3. The second-order valence-electron chi connectivity index (χ2n) is 7.82. The quantitative estimate of drug-likeness (QED) is 0.183. The fourth-order valence-corrected chi connectivity index (χ4v) is 3.17. The van der Waals surface area contributed by atoms with Crippen molar-refractivity contribution in [2.75, 3.05) is 20.2 Å². The van der Waals surface area contributed by atoms with Crippen LogP contribution in [-0.4, -0.2) is 32.2 Å². The minimum Gasteiger partial charge on any atom is -0.439 e. The molecule has 0 saturated carbocycles. The zero-order valence-electron chi connectivity index (χ0n) is 19.1. The number of alkyl carbamates (subject to hydrolysis) is 1. The Kier molecular flexibility index (Phi) is 21.6. The van der Waals surface area contributed by atoms with Crippen molar-refractivity contribution in [1.29, 1.82) is 0 Å². The summed E-state index contributed by atoms with van der Waals surface area (Å²) in [5.74, 6) is -0.302. The summed E-state index contributed by atoms with van der Waals surface area (Å²) in [5, 5.41) is 5.07. The van der Waals surface area contributed by atoms with Crippen molar-refractivity contribution in [2.24, 2.45) is 0 Å². The molecule has 0 radical (unpaired) electrons. The average Bonchev–Trinajstić information content (AvgIpc) is 2.73. The van der Waals surface area contributed by atoms with Gasteiger partial charge >= 0.3 is 6.09 Å². The lowest BCUT2D eigenvalue weighted by Crippen LogP contribution is -2.30. The summed E-state index contributed by atoms with van der Waals surface area (Å²) in [6.07, 6.45) is 24.9. The van der Waals surface area contributed by atoms with Crippen LogP contribution in [0.4, 0.5) is 4.79 Å². The van der Waals surface area contributed by atoms with E-state index in [-0.39, 0.29) is 12.5 Å². The number of nitrogens with one attached hydrogen (secondary N) is 2. The molecule has 0 spiro atoms. The van der Waals surface area contributed by atoms with E-state index in [4.69, 9.17) is 4.74 Å². The number of unbranched alkanes of at least 4 members (excludes halogenated alkanes) is 14. The summed E-state index contributed by atoms with van der Waals surface area (Å²) < 4.78 is 4.76. The van der Waals surface area contributed by atoms with E-state index in [1.807, 2.05) is 0 Å². The first-order valence-corrected chi connectivity index (χ1v) is 12.0. The van der Waals surface area contributed by atoms with E-state index in [9.17, 15) is 9.59 Å². The number of hydrogen-bond donors (Lipinski definition) is 2. The molecular weight excluding hydrogens is 364 g/mol. The van der Waals surface area contributed by atoms with Gasteiger partial charge in [0.25, 0.3) is 5.91 Å². The topological polar surface area (TPSA) is 67.4 Å². The Morgan fingerprint density at radius 1 is 0.724 bits per heavy atom. The third kappa shape index (κ3) is 22.6. The SMILES string of the molecule is CCCCCCCC/C=C/CCCCCCCCCCNC(=O)OCC(=O)NC. The van der Waals surface area contributed by atoms with Gasteiger partial charge in [0.15, 0.2) is 6.61 Å². The molecule has 2 amide bonds. The maximum Gasteiger partial charge on any atom is 0.407 e. The van der Waals surface area contributed by atoms with Crippen LogP contribution in [0.2, 0.25) is 0 Å². The van der Waals surface area contributed by atoms with Crippen LogP contribution in [0, 0.1) is 0 Å². The van der Waals surface area contributed by atoms with E-state index in [2.05, 4.69) is 29.7 Å². The largest absolute Gasteiger partial charge is 0.439 e. The third-order valence-corrected chi connectivity index (χ3v) is 5.07. The standard InChI is InChI=1S/C24H46N2O3/c1-3-4-5-6-7-8-9-10-11-12-13-14-15-16-17-18-19-20-21-26-24(28)29-22-23(27)25-2/h10-11H,3-9,12-22H2,1-2H3,(H,25,27)(H,26,28)/b11-10+. The molecule has 5 heteroatoms. The summed E-state index contributed by atoms with van der Waals surface area (Å²) >= 11 is 0. The molecule has 29 heavy (non-hydrogen) atoms. The van der Waals surface area contributed by atoms with Crippen molar-refractivity contribution in [2.45, 2.75) is 110 Å². The second kappa shape index (κ2) is 22.8. The summed E-state index contributed by atoms with van der Waals surface area (Å²) in [6, 6.07) is 0. The molecule has 0 unspecified atom stereocenters. The Hall–Kier alpha value is -1.52. The molecular formula is C24H46N2O3. The molecule has 0 aromatic carbocycles. The molecule has 0 aromatic rings. The lowest BCUT2D eigenvalue weighted by atomic mass is 10.1. The van der Waals surface area contributed by atoms with Crippen LogP contribution in [-0.2, 0) is 9.53 Å². The molecule has 0 heterocycles. The summed E-state index contributed by atoms with van der Waals surface area (Å²) in [7, 11) is 1.51. The predicted octanol–water partition coefficient (Wildman–Crippen LogP) is 6.28. The highest BCUT2D eigenvalue weighted by atomic mass is 16.6. The number of rotatable bonds is 20. The first-order valence-electron chi connectivity index (χ1n) is 12.0. The monoisotopic (exact) mass is 410 g/mol. The number of likely N-dealkylation sites (N-methyl/N-ethyl adjacent to an activating group) is 1. The van der Waals surface area contributed by atoms with Gasteiger partial charge in [0.05, 0.1) is 0 Å². The molecule has 0 atom stereocenters. The fourth-order valence-electron chi connectivity index (χ4n) is 3.17. The van der Waals surface area contributed by atoms with Crippen molar-refractivity contribution in [3.05, 3.63) is 12.2 Å². The Morgan fingerprint density at radius 2 is 1.21 bits per heavy atom. The maximum absolute atomic E-state index is 11.3. The predicted molar refractivity (Wildman–Crippen MR) is 122 cm³/mol. The van der Waals surface area contributed by atoms with Gasteiger partial charge in [0.2, 0.25) is 0 Å². The van der Waals surface area contributed by atoms with Gasteiger partial charge in [-0.25, -0.2) is 4.79 Å². The van der Waals surface area contributed by atoms with Crippen molar-refractivity contribution in [1.82, 2.24) is 10.6 Å². The second-order valence-corrected chi connectivity index (χ2v) is 7.82. The minimum absolute atomic E-state index is 0.225. The van der Waals surface area contributed by atoms with E-state index >= 15 is 0 Å². The van der Waals surface area contributed by atoms with Crippen LogP contribution in [0.25, 0.3) is 0 Å². The summed E-state index contributed by atoms with van der Waals surface area (Å²) in [5.41, 5.74) is 0. The van der Waals surface area contributed by atoms with Crippen LogP contribution in [0.15, 0.2) is 12.2 Å². The molecule has 0 fully saturated rings. The smallest absolute Gasteiger partial charge is 0.407 e. The van der Waals surface area contributed by atoms with E-state index in [0.29, 0.717) is 6.54 Å². The van der Waals surface area contributed by atoms with E-state index in [0.717, 1.165) is 12.8 Å². The Balaban J connectivity index is 3.19. The van der Waals surface area contributed by atoms with Crippen LogP contribution in [0.3, 0.4) is 0 Å². The highest BCUT2D eigenvalue weighted by Crippen LogP contribution is 2.11. The fraction of sp³-hybridized carbons (Fsp3) is 0.833. The van der Waals surface area contributed by atoms with Crippen LogP contribution >= 0.6 is 0 Å². The third-order valence-electron chi connectivity index (χ3n) is 5.07. The molecule has 2 N–H and O–H groups in total. The number of amides is 2. The molecule has 5 nitrogen and oxygen atoms in total. The van der Waals surface area contributed by atoms with Gasteiger partial charge in [0.1, 0.15) is 0 Å². The van der Waals surface area contributed by atoms with Gasteiger partial charge in [-0.05, 0) is 32.1 Å². The highest BCUT2D eigenvalue weighted by molar-refractivity contribution is 5.79. The van der Waals surface area contributed by atoms with Gasteiger partial charge < -0.3 is 15.4 Å². The van der Waals surface area contributed by atoms with E-state index < -0.39 is 6.09 Å². The average molecular weight is 411 g/mol. The van der Waals surface area contributed by atoms with Crippen LogP contribution in [0.1, 0.15) is 110 Å². The Labute approximate surface area is 179 Å². The summed E-state index contributed by atoms with van der Waals surface area (Å²) in [6.45, 7) is 2.65. The molecule has 0 saturated heterocycles. The number of carbonyl (C=O) groups is 2. The van der Waals surface area contributed by atoms with Gasteiger partial charge in [-0.3, -0.25) is 4.79 Å². The van der Waals surface area contributed by atoms with Gasteiger partial charge in [0, 0.05) is 13.6 Å². The molecule has 0 bridgehead atoms. The van der Waals surface area contributed by atoms with Gasteiger partial charge in [-0.1, -0.05) is 89.7 Å². The highest BCUT2D eigenvalue weighted by Gasteiger charge is 2.04. The van der Waals surface area contributed by atoms with Crippen LogP contribution < -0.4 is 10.6 Å². The molecule has 0 aliphatic carbocycles. The zero-order valence-corrected chi connectivity index (χ0v) is 19.1. The van der Waals surface area contributed by atoms with Crippen molar-refractivity contribution in [3.8, 4) is 0 Å². The molecule has 0 rings (SSSR count). The Morgan fingerprint density at radius 3 is 1.72 bits per heavy atom. The lowest BCUT2D eigenvalue weighted by molar-refractivity contribution is -0.123. The van der Waals surface area contributed by atoms with Crippen LogP contribution in [0.5, 0.6) is 0 Å². The van der Waals surface area contributed by atoms with Crippen molar-refractivity contribution in [3.63, 3.8) is 0 Å². The molecule has 0 aliphatic rings. The van der Waals surface area contributed by atoms with Crippen molar-refractivity contribution >= 4 is 12.0 Å². The van der Waals surface area contributed by atoms with Gasteiger partial charge in [-0.15, -0.1) is 0 Å². The van der Waals surface area contributed by atoms with E-state index in [1.54, 1.807) is 0 Å². The first-order chi connectivity index (χ1) is 14.2. The number of carbonyl (C=O) groups excluding carboxylic acids is 2. The van der Waals surface area contributed by atoms with Gasteiger partial charge in [-0.2, -0.15) is 0 Å². The molecule has 170 valence electrons. The zero-order chi connectivity index (χ0) is 21.4. The number of allylic oxidation sites excluding steroid dienone is 2. The normalized spacial score (nSPS) is 11.0.